The Bertz CT molecular complexity index is 464. The van der Waals surface area contributed by atoms with Crippen LogP contribution in [0.2, 0.25) is 0 Å². The Morgan fingerprint density at radius 2 is 2.30 bits per heavy atom. The van der Waals surface area contributed by atoms with Crippen molar-refractivity contribution in [3.8, 4) is 0 Å². The number of nitrogens with zero attached hydrogens (tertiary/aromatic N) is 1. The van der Waals surface area contributed by atoms with Gasteiger partial charge in [0.15, 0.2) is 0 Å². The number of alkyl carbamates (subject to hydrolysis) is 1. The summed E-state index contributed by atoms with van der Waals surface area (Å²) in [5.74, 6) is 0. The largest absolute Gasteiger partial charge is 0.453 e. The quantitative estimate of drug-likeness (QED) is 0.883. The van der Waals surface area contributed by atoms with Crippen LogP contribution in [-0.4, -0.2) is 32.3 Å². The van der Waals surface area contributed by atoms with E-state index < -0.39 is 0 Å². The van der Waals surface area contributed by atoms with Gasteiger partial charge in [-0.1, -0.05) is 25.1 Å². The van der Waals surface area contributed by atoms with Gasteiger partial charge in [-0.2, -0.15) is 0 Å². The lowest BCUT2D eigenvalue weighted by Gasteiger charge is -2.24. The van der Waals surface area contributed by atoms with Crippen LogP contribution in [0.1, 0.15) is 31.4 Å². The average molecular weight is 277 g/mol. The second-order valence-corrected chi connectivity index (χ2v) is 5.14. The van der Waals surface area contributed by atoms with Crippen LogP contribution in [-0.2, 0) is 4.74 Å². The van der Waals surface area contributed by atoms with E-state index in [1.54, 1.807) is 0 Å². The topological polar surface area (TPSA) is 67.6 Å². The molecule has 0 saturated carbocycles. The van der Waals surface area contributed by atoms with Crippen LogP contribution in [0, 0.1) is 0 Å². The van der Waals surface area contributed by atoms with Crippen molar-refractivity contribution in [3.63, 3.8) is 0 Å². The van der Waals surface area contributed by atoms with E-state index in [1.807, 2.05) is 12.1 Å². The molecule has 3 N–H and O–H groups in total. The summed E-state index contributed by atoms with van der Waals surface area (Å²) in [6, 6.07) is 8.43. The zero-order valence-electron chi connectivity index (χ0n) is 12.1. The molecular weight excluding hydrogens is 254 g/mol. The molecule has 1 aliphatic heterocycles. The lowest BCUT2D eigenvalue weighted by Crippen LogP contribution is -2.37. The lowest BCUT2D eigenvalue weighted by atomic mass is 10.0. The first kappa shape index (κ1) is 14.7. The second kappa shape index (κ2) is 6.61. The molecule has 2 rings (SSSR count). The second-order valence-electron chi connectivity index (χ2n) is 5.14. The first-order chi connectivity index (χ1) is 9.65. The van der Waals surface area contributed by atoms with Crippen molar-refractivity contribution < 1.29 is 9.53 Å². The number of carbonyl (C=O) groups is 1. The fourth-order valence-corrected chi connectivity index (χ4v) is 2.63. The van der Waals surface area contributed by atoms with E-state index in [0.717, 1.165) is 25.9 Å². The summed E-state index contributed by atoms with van der Waals surface area (Å²) >= 11 is 0. The molecule has 1 fully saturated rings. The van der Waals surface area contributed by atoms with Gasteiger partial charge < -0.3 is 20.7 Å². The van der Waals surface area contributed by atoms with E-state index >= 15 is 0 Å². The Morgan fingerprint density at radius 3 is 3.00 bits per heavy atom. The summed E-state index contributed by atoms with van der Waals surface area (Å²) in [5, 5.41) is 2.86. The summed E-state index contributed by atoms with van der Waals surface area (Å²) in [6.07, 6.45) is 1.47. The molecule has 2 atom stereocenters. The molecule has 0 bridgehead atoms. The molecular formula is C15H23N3O2. The molecule has 110 valence electrons. The van der Waals surface area contributed by atoms with Crippen LogP contribution in [0.15, 0.2) is 24.3 Å². The monoisotopic (exact) mass is 277 g/mol. The van der Waals surface area contributed by atoms with Crippen molar-refractivity contribution in [2.75, 3.05) is 25.1 Å². The fourth-order valence-electron chi connectivity index (χ4n) is 2.63. The highest BCUT2D eigenvalue weighted by atomic mass is 16.5. The molecule has 1 amide bonds. The van der Waals surface area contributed by atoms with Crippen LogP contribution < -0.4 is 16.0 Å². The zero-order valence-corrected chi connectivity index (χ0v) is 12.1. The number of ether oxygens (including phenoxy) is 1. The Labute approximate surface area is 120 Å². The maximum absolute atomic E-state index is 11.3. The number of nitrogens with one attached hydrogen (secondary N) is 1. The minimum atomic E-state index is -0.365. The van der Waals surface area contributed by atoms with Crippen LogP contribution >= 0.6 is 0 Å². The highest BCUT2D eigenvalue weighted by Gasteiger charge is 2.26. The van der Waals surface area contributed by atoms with E-state index in [2.05, 4.69) is 34.0 Å². The molecule has 0 aliphatic carbocycles. The first-order valence-corrected chi connectivity index (χ1v) is 7.09. The SMILES string of the molecule is CC[C@@H](N)c1ccccc1N1CCC(NC(=O)OC)C1. The van der Waals surface area contributed by atoms with E-state index in [9.17, 15) is 4.79 Å². The molecule has 5 nitrogen and oxygen atoms in total. The first-order valence-electron chi connectivity index (χ1n) is 7.09. The van der Waals surface area contributed by atoms with Gasteiger partial charge in [0.25, 0.3) is 0 Å². The predicted molar refractivity (Wildman–Crippen MR) is 79.8 cm³/mol. The molecule has 1 aromatic rings. The van der Waals surface area contributed by atoms with Crippen LogP contribution in [0.4, 0.5) is 10.5 Å². The number of amides is 1. The number of benzene rings is 1. The Morgan fingerprint density at radius 1 is 1.55 bits per heavy atom. The van der Waals surface area contributed by atoms with E-state index in [0.29, 0.717) is 0 Å². The smallest absolute Gasteiger partial charge is 0.407 e. The van der Waals surface area contributed by atoms with Crippen LogP contribution in [0.25, 0.3) is 0 Å². The summed E-state index contributed by atoms with van der Waals surface area (Å²) in [5.41, 5.74) is 8.53. The fraction of sp³-hybridized carbons (Fsp3) is 0.533. The average Bonchev–Trinajstić information content (AvgIpc) is 2.94. The number of carbonyl (C=O) groups excluding carboxylic acids is 1. The number of hydrogen-bond donors (Lipinski definition) is 2. The van der Waals surface area contributed by atoms with Crippen molar-refractivity contribution >= 4 is 11.8 Å². The van der Waals surface area contributed by atoms with Gasteiger partial charge >= 0.3 is 6.09 Å². The molecule has 1 unspecified atom stereocenters. The number of rotatable bonds is 4. The van der Waals surface area contributed by atoms with Gasteiger partial charge in [0, 0.05) is 24.8 Å². The number of para-hydroxylation sites is 1. The van der Waals surface area contributed by atoms with Gasteiger partial charge in [-0.3, -0.25) is 0 Å². The summed E-state index contributed by atoms with van der Waals surface area (Å²) < 4.78 is 4.64. The van der Waals surface area contributed by atoms with Gasteiger partial charge in [0.1, 0.15) is 0 Å². The highest BCUT2D eigenvalue weighted by Crippen LogP contribution is 2.29. The van der Waals surface area contributed by atoms with Crippen LogP contribution in [0.3, 0.4) is 0 Å². The minimum absolute atomic E-state index is 0.0545. The molecule has 0 radical (unpaired) electrons. The number of nitrogens with two attached hydrogens (primary N) is 1. The zero-order chi connectivity index (χ0) is 14.5. The molecule has 1 saturated heterocycles. The predicted octanol–water partition coefficient (Wildman–Crippen LogP) is 2.03. The van der Waals surface area contributed by atoms with Crippen molar-refractivity contribution in [1.29, 1.82) is 0 Å². The molecule has 1 aromatic carbocycles. The molecule has 0 aromatic heterocycles. The maximum atomic E-state index is 11.3. The Balaban J connectivity index is 2.08. The van der Waals surface area contributed by atoms with Crippen LogP contribution in [0.5, 0.6) is 0 Å². The molecule has 1 aliphatic rings. The van der Waals surface area contributed by atoms with Gasteiger partial charge in [-0.25, -0.2) is 4.79 Å². The summed E-state index contributed by atoms with van der Waals surface area (Å²) in [6.45, 7) is 3.80. The van der Waals surface area contributed by atoms with E-state index in [4.69, 9.17) is 5.73 Å². The highest BCUT2D eigenvalue weighted by molar-refractivity contribution is 5.67. The summed E-state index contributed by atoms with van der Waals surface area (Å²) in [4.78, 5) is 13.5. The molecule has 0 spiro atoms. The third-order valence-corrected chi connectivity index (χ3v) is 3.81. The van der Waals surface area contributed by atoms with Crippen molar-refractivity contribution in [2.24, 2.45) is 5.73 Å². The molecule has 20 heavy (non-hydrogen) atoms. The van der Waals surface area contributed by atoms with Gasteiger partial charge in [0.2, 0.25) is 0 Å². The standard InChI is InChI=1S/C15H23N3O2/c1-3-13(16)12-6-4-5-7-14(12)18-9-8-11(10-18)17-15(19)20-2/h4-7,11,13H,3,8-10,16H2,1-2H3,(H,17,19)/t11?,13-/m1/s1. The number of anilines is 1. The van der Waals surface area contributed by atoms with Crippen molar-refractivity contribution in [2.45, 2.75) is 31.8 Å². The van der Waals surface area contributed by atoms with Gasteiger partial charge in [-0.05, 0) is 24.5 Å². The van der Waals surface area contributed by atoms with E-state index in [1.165, 1.54) is 18.4 Å². The Hall–Kier alpha value is -1.75. The van der Waals surface area contributed by atoms with Crippen molar-refractivity contribution in [1.82, 2.24) is 5.32 Å². The minimum Gasteiger partial charge on any atom is -0.453 e. The Kier molecular flexibility index (Phi) is 4.84. The normalized spacial score (nSPS) is 19.8. The number of hydrogen-bond acceptors (Lipinski definition) is 4. The summed E-state index contributed by atoms with van der Waals surface area (Å²) in [7, 11) is 1.39. The maximum Gasteiger partial charge on any atom is 0.407 e. The lowest BCUT2D eigenvalue weighted by molar-refractivity contribution is 0.167. The van der Waals surface area contributed by atoms with Gasteiger partial charge in [-0.15, -0.1) is 0 Å². The molecule has 5 heteroatoms. The third-order valence-electron chi connectivity index (χ3n) is 3.81. The van der Waals surface area contributed by atoms with E-state index in [-0.39, 0.29) is 18.2 Å². The third kappa shape index (κ3) is 3.22. The molecule has 1 heterocycles. The van der Waals surface area contributed by atoms with Gasteiger partial charge in [0.05, 0.1) is 13.2 Å². The van der Waals surface area contributed by atoms with Crippen molar-refractivity contribution in [3.05, 3.63) is 29.8 Å². The number of methoxy groups -OCH3 is 1.